The number of halogens is 2. The lowest BCUT2D eigenvalue weighted by atomic mass is 10.1. The second-order valence-corrected chi connectivity index (χ2v) is 4.88. The molecular formula is C13H24Cl2N4O2. The Kier molecular flexibility index (Phi) is 8.89. The first-order valence-corrected chi connectivity index (χ1v) is 6.73. The molecule has 1 aromatic heterocycles. The van der Waals surface area contributed by atoms with E-state index in [-0.39, 0.29) is 42.9 Å². The van der Waals surface area contributed by atoms with E-state index in [4.69, 9.17) is 4.74 Å². The highest BCUT2D eigenvalue weighted by molar-refractivity contribution is 5.85. The van der Waals surface area contributed by atoms with Crippen molar-refractivity contribution in [3.63, 3.8) is 0 Å². The van der Waals surface area contributed by atoms with Crippen LogP contribution in [0.2, 0.25) is 0 Å². The fraction of sp³-hybridized carbons (Fsp3) is 0.692. The molecule has 0 aromatic carbocycles. The van der Waals surface area contributed by atoms with Crippen molar-refractivity contribution in [1.29, 1.82) is 0 Å². The third-order valence-electron chi connectivity index (χ3n) is 3.41. The Bertz CT molecular complexity index is 442. The first kappa shape index (κ1) is 20.2. The lowest BCUT2D eigenvalue weighted by Gasteiger charge is -2.33. The number of morpholine rings is 1. The predicted octanol–water partition coefficient (Wildman–Crippen LogP) is 0.989. The van der Waals surface area contributed by atoms with Gasteiger partial charge in [0.05, 0.1) is 18.9 Å². The van der Waals surface area contributed by atoms with Gasteiger partial charge in [-0.1, -0.05) is 0 Å². The van der Waals surface area contributed by atoms with Gasteiger partial charge < -0.3 is 15.0 Å². The number of aromatic nitrogens is 2. The summed E-state index contributed by atoms with van der Waals surface area (Å²) in [6.07, 6.45) is 3.65. The predicted molar refractivity (Wildman–Crippen MR) is 86.0 cm³/mol. The minimum atomic E-state index is -0.245. The van der Waals surface area contributed by atoms with Gasteiger partial charge >= 0.3 is 0 Å². The zero-order chi connectivity index (χ0) is 13.8. The van der Waals surface area contributed by atoms with Crippen molar-refractivity contribution in [2.75, 3.05) is 19.7 Å². The first-order valence-electron chi connectivity index (χ1n) is 6.73. The molecular weight excluding hydrogens is 315 g/mol. The summed E-state index contributed by atoms with van der Waals surface area (Å²) in [5.74, 6) is 0.0959. The van der Waals surface area contributed by atoms with Gasteiger partial charge in [0.2, 0.25) is 5.91 Å². The van der Waals surface area contributed by atoms with Crippen LogP contribution < -0.4 is 5.32 Å². The van der Waals surface area contributed by atoms with E-state index in [0.29, 0.717) is 19.7 Å². The average Bonchev–Trinajstić information content (AvgIpc) is 2.81. The van der Waals surface area contributed by atoms with E-state index in [2.05, 4.69) is 10.4 Å². The Balaban J connectivity index is 0.00000200. The molecule has 0 spiro atoms. The molecule has 6 nitrogen and oxygen atoms in total. The Hall–Kier alpha value is -0.820. The van der Waals surface area contributed by atoms with Gasteiger partial charge in [0.1, 0.15) is 6.04 Å². The maximum atomic E-state index is 12.5. The number of ether oxygens (including phenoxy) is 1. The SMILES string of the molecule is CCN(Cc1cnn(C)c1)C(=O)[C@H]1NCCO[C@@H]1C.Cl.Cl. The van der Waals surface area contributed by atoms with E-state index in [1.165, 1.54) is 0 Å². The van der Waals surface area contributed by atoms with Crippen molar-refractivity contribution in [3.8, 4) is 0 Å². The highest BCUT2D eigenvalue weighted by Gasteiger charge is 2.31. The Morgan fingerprint density at radius 3 is 2.81 bits per heavy atom. The highest BCUT2D eigenvalue weighted by Crippen LogP contribution is 2.10. The van der Waals surface area contributed by atoms with Crippen LogP contribution in [0.3, 0.4) is 0 Å². The Morgan fingerprint density at radius 1 is 1.57 bits per heavy atom. The fourth-order valence-electron chi connectivity index (χ4n) is 2.33. The largest absolute Gasteiger partial charge is 0.375 e. The van der Waals surface area contributed by atoms with Gasteiger partial charge in [-0.3, -0.25) is 9.48 Å². The molecule has 0 aliphatic carbocycles. The monoisotopic (exact) mass is 338 g/mol. The molecule has 122 valence electrons. The number of nitrogens with zero attached hydrogens (tertiary/aromatic N) is 3. The number of likely N-dealkylation sites (N-methyl/N-ethyl adjacent to an activating group) is 1. The molecule has 1 fully saturated rings. The van der Waals surface area contributed by atoms with Crippen molar-refractivity contribution >= 4 is 30.7 Å². The first-order chi connectivity index (χ1) is 9.11. The molecule has 2 heterocycles. The normalized spacial score (nSPS) is 21.1. The number of carbonyl (C=O) groups is 1. The molecule has 2 rings (SSSR count). The number of carbonyl (C=O) groups excluding carboxylic acids is 1. The lowest BCUT2D eigenvalue weighted by Crippen LogP contribution is -2.56. The van der Waals surface area contributed by atoms with E-state index < -0.39 is 0 Å². The van der Waals surface area contributed by atoms with Crippen LogP contribution in [0.4, 0.5) is 0 Å². The quantitative estimate of drug-likeness (QED) is 0.889. The van der Waals surface area contributed by atoms with E-state index in [1.807, 2.05) is 32.0 Å². The third kappa shape index (κ3) is 5.14. The summed E-state index contributed by atoms with van der Waals surface area (Å²) in [6.45, 7) is 6.59. The number of rotatable bonds is 4. The fourth-order valence-corrected chi connectivity index (χ4v) is 2.33. The number of amides is 1. The van der Waals surface area contributed by atoms with Crippen LogP contribution in [0.25, 0.3) is 0 Å². The van der Waals surface area contributed by atoms with Crippen LogP contribution in [0.15, 0.2) is 12.4 Å². The van der Waals surface area contributed by atoms with Crippen LogP contribution in [-0.2, 0) is 23.1 Å². The molecule has 1 amide bonds. The summed E-state index contributed by atoms with van der Waals surface area (Å²) in [6, 6.07) is -0.245. The zero-order valence-electron chi connectivity index (χ0n) is 12.6. The van der Waals surface area contributed by atoms with Crippen molar-refractivity contribution in [2.45, 2.75) is 32.5 Å². The number of nitrogens with one attached hydrogen (secondary N) is 1. The average molecular weight is 339 g/mol. The standard InChI is InChI=1S/C13H22N4O2.2ClH/c1-4-17(9-11-7-15-16(3)8-11)13(18)12-10(2)19-6-5-14-12;;/h7-8,10,12,14H,4-6,9H2,1-3H3;2*1H/t10-,12+;;/m1../s1. The molecule has 1 aliphatic rings. The molecule has 21 heavy (non-hydrogen) atoms. The molecule has 0 saturated carbocycles. The number of aryl methyl sites for hydroxylation is 1. The minimum absolute atomic E-state index is 0. The maximum Gasteiger partial charge on any atom is 0.242 e. The van der Waals surface area contributed by atoms with Crippen molar-refractivity contribution in [1.82, 2.24) is 20.0 Å². The van der Waals surface area contributed by atoms with E-state index in [9.17, 15) is 4.79 Å². The summed E-state index contributed by atoms with van der Waals surface area (Å²) in [5, 5.41) is 7.37. The van der Waals surface area contributed by atoms with Gasteiger partial charge in [0.15, 0.2) is 0 Å². The summed E-state index contributed by atoms with van der Waals surface area (Å²) >= 11 is 0. The third-order valence-corrected chi connectivity index (χ3v) is 3.41. The number of hydrogen-bond donors (Lipinski definition) is 1. The van der Waals surface area contributed by atoms with Gasteiger partial charge in [0.25, 0.3) is 0 Å². The second kappa shape index (κ2) is 9.25. The minimum Gasteiger partial charge on any atom is -0.375 e. The molecule has 1 aliphatic heterocycles. The van der Waals surface area contributed by atoms with E-state index >= 15 is 0 Å². The van der Waals surface area contributed by atoms with Gasteiger partial charge in [-0.15, -0.1) is 24.8 Å². The molecule has 1 saturated heterocycles. The topological polar surface area (TPSA) is 59.4 Å². The van der Waals surface area contributed by atoms with E-state index in [1.54, 1.807) is 10.9 Å². The zero-order valence-corrected chi connectivity index (χ0v) is 14.2. The molecule has 8 heteroatoms. The van der Waals surface area contributed by atoms with Crippen LogP contribution in [0.1, 0.15) is 19.4 Å². The van der Waals surface area contributed by atoms with Gasteiger partial charge in [0, 0.05) is 38.4 Å². The van der Waals surface area contributed by atoms with Crippen molar-refractivity contribution in [2.24, 2.45) is 7.05 Å². The molecule has 0 unspecified atom stereocenters. The Morgan fingerprint density at radius 2 is 2.29 bits per heavy atom. The molecule has 2 atom stereocenters. The van der Waals surface area contributed by atoms with Gasteiger partial charge in [-0.2, -0.15) is 5.10 Å². The smallest absolute Gasteiger partial charge is 0.242 e. The summed E-state index contributed by atoms with van der Waals surface area (Å²) in [5.41, 5.74) is 1.04. The van der Waals surface area contributed by atoms with Crippen molar-refractivity contribution in [3.05, 3.63) is 18.0 Å². The lowest BCUT2D eigenvalue weighted by molar-refractivity contribution is -0.139. The van der Waals surface area contributed by atoms with Crippen LogP contribution in [0, 0.1) is 0 Å². The molecule has 1 aromatic rings. The Labute approximate surface area is 138 Å². The second-order valence-electron chi connectivity index (χ2n) is 4.88. The van der Waals surface area contributed by atoms with Crippen LogP contribution in [0.5, 0.6) is 0 Å². The van der Waals surface area contributed by atoms with Gasteiger partial charge in [-0.05, 0) is 13.8 Å². The van der Waals surface area contributed by atoms with E-state index in [0.717, 1.165) is 12.1 Å². The van der Waals surface area contributed by atoms with Crippen LogP contribution >= 0.6 is 24.8 Å². The highest BCUT2D eigenvalue weighted by atomic mass is 35.5. The maximum absolute atomic E-state index is 12.5. The van der Waals surface area contributed by atoms with Gasteiger partial charge in [-0.25, -0.2) is 0 Å². The summed E-state index contributed by atoms with van der Waals surface area (Å²) in [4.78, 5) is 14.3. The van der Waals surface area contributed by atoms with Crippen molar-refractivity contribution < 1.29 is 9.53 Å². The summed E-state index contributed by atoms with van der Waals surface area (Å²) in [7, 11) is 1.88. The summed E-state index contributed by atoms with van der Waals surface area (Å²) < 4.78 is 7.28. The molecule has 0 bridgehead atoms. The molecule has 0 radical (unpaired) electrons. The number of hydrogen-bond acceptors (Lipinski definition) is 4. The van der Waals surface area contributed by atoms with Crippen LogP contribution in [-0.4, -0.2) is 52.4 Å². The molecule has 1 N–H and O–H groups in total.